The van der Waals surface area contributed by atoms with E-state index in [0.717, 1.165) is 12.0 Å². The summed E-state index contributed by atoms with van der Waals surface area (Å²) in [4.78, 5) is 12.0. The molecular weight excluding hydrogens is 302 g/mol. The van der Waals surface area contributed by atoms with Crippen LogP contribution in [-0.4, -0.2) is 22.3 Å². The molecule has 1 N–H and O–H groups in total. The topological polar surface area (TPSA) is 56.2 Å². The lowest BCUT2D eigenvalue weighted by Crippen LogP contribution is -2.23. The molecule has 0 fully saturated rings. The summed E-state index contributed by atoms with van der Waals surface area (Å²) in [6, 6.07) is 7.30. The number of carbonyl (C=O) groups is 1. The molecule has 0 aliphatic heterocycles. The molecule has 0 bridgehead atoms. The molecule has 2 aromatic rings. The van der Waals surface area contributed by atoms with E-state index < -0.39 is 0 Å². The van der Waals surface area contributed by atoms with Crippen molar-refractivity contribution in [2.75, 3.05) is 11.9 Å². The molecule has 0 aliphatic rings. The zero-order valence-electron chi connectivity index (χ0n) is 13.0. The Labute approximate surface area is 135 Å². The van der Waals surface area contributed by atoms with Gasteiger partial charge in [-0.05, 0) is 44.0 Å². The molecule has 1 aromatic heterocycles. The fraction of sp³-hybridized carbons (Fsp3) is 0.375. The van der Waals surface area contributed by atoms with Gasteiger partial charge in [-0.1, -0.05) is 18.5 Å². The van der Waals surface area contributed by atoms with Crippen LogP contribution in [0, 0.1) is 6.92 Å². The van der Waals surface area contributed by atoms with Crippen LogP contribution in [0.25, 0.3) is 0 Å². The van der Waals surface area contributed by atoms with Crippen molar-refractivity contribution in [2.24, 2.45) is 0 Å². The number of amides is 1. The second-order valence-corrected chi connectivity index (χ2v) is 5.57. The van der Waals surface area contributed by atoms with E-state index in [4.69, 9.17) is 16.3 Å². The molecule has 118 valence electrons. The lowest BCUT2D eigenvalue weighted by Gasteiger charge is -2.14. The molecule has 22 heavy (non-hydrogen) atoms. The standard InChI is InChI=1S/C16H20ClN3O2/c1-4-12(3)20-15(7-8-18-20)19-16(21)10-22-13-5-6-14(17)11(2)9-13/h5-9,12H,4,10H2,1-3H3,(H,19,21)/t12-/m0/s1. The fourth-order valence-electron chi connectivity index (χ4n) is 1.97. The van der Waals surface area contributed by atoms with E-state index in [1.807, 2.05) is 6.92 Å². The van der Waals surface area contributed by atoms with Crippen molar-refractivity contribution in [3.05, 3.63) is 41.0 Å². The van der Waals surface area contributed by atoms with Crippen LogP contribution >= 0.6 is 11.6 Å². The summed E-state index contributed by atoms with van der Waals surface area (Å²) in [5.41, 5.74) is 0.912. The Balaban J connectivity index is 1.93. The van der Waals surface area contributed by atoms with E-state index in [2.05, 4.69) is 24.3 Å². The third kappa shape index (κ3) is 4.01. The molecule has 0 unspecified atom stereocenters. The van der Waals surface area contributed by atoms with Crippen LogP contribution in [0.1, 0.15) is 31.9 Å². The summed E-state index contributed by atoms with van der Waals surface area (Å²) in [5, 5.41) is 7.71. The summed E-state index contributed by atoms with van der Waals surface area (Å²) in [5.74, 6) is 1.07. The number of ether oxygens (including phenoxy) is 1. The quantitative estimate of drug-likeness (QED) is 0.879. The SMILES string of the molecule is CC[C@H](C)n1nccc1NC(=O)COc1ccc(Cl)c(C)c1. The number of hydrogen-bond donors (Lipinski definition) is 1. The fourth-order valence-corrected chi connectivity index (χ4v) is 2.09. The van der Waals surface area contributed by atoms with E-state index in [1.165, 1.54) is 0 Å². The van der Waals surface area contributed by atoms with Gasteiger partial charge in [0.05, 0.1) is 12.2 Å². The zero-order chi connectivity index (χ0) is 16.1. The van der Waals surface area contributed by atoms with Gasteiger partial charge in [-0.2, -0.15) is 5.10 Å². The Kier molecular flexibility index (Phi) is 5.44. The lowest BCUT2D eigenvalue weighted by atomic mass is 10.2. The van der Waals surface area contributed by atoms with Gasteiger partial charge in [0.2, 0.25) is 0 Å². The average molecular weight is 322 g/mol. The molecule has 6 heteroatoms. The minimum absolute atomic E-state index is 0.0627. The van der Waals surface area contributed by atoms with E-state index >= 15 is 0 Å². The third-order valence-corrected chi connectivity index (χ3v) is 3.87. The number of aromatic nitrogens is 2. The predicted octanol–water partition coefficient (Wildman–Crippen LogP) is 3.83. The van der Waals surface area contributed by atoms with Crippen LogP contribution in [0.15, 0.2) is 30.5 Å². The van der Waals surface area contributed by atoms with Crippen molar-refractivity contribution in [3.8, 4) is 5.75 Å². The summed E-state index contributed by atoms with van der Waals surface area (Å²) in [6.45, 7) is 5.95. The molecule has 1 aromatic carbocycles. The van der Waals surface area contributed by atoms with Gasteiger partial charge in [0, 0.05) is 11.1 Å². The van der Waals surface area contributed by atoms with Gasteiger partial charge in [0.25, 0.3) is 5.91 Å². The van der Waals surface area contributed by atoms with Gasteiger partial charge in [-0.25, -0.2) is 4.68 Å². The van der Waals surface area contributed by atoms with Crippen molar-refractivity contribution < 1.29 is 9.53 Å². The molecule has 0 spiro atoms. The maximum Gasteiger partial charge on any atom is 0.263 e. The first kappa shape index (κ1) is 16.4. The van der Waals surface area contributed by atoms with Gasteiger partial charge in [0.1, 0.15) is 11.6 Å². The van der Waals surface area contributed by atoms with Gasteiger partial charge in [0.15, 0.2) is 6.61 Å². The van der Waals surface area contributed by atoms with Crippen LogP contribution < -0.4 is 10.1 Å². The van der Waals surface area contributed by atoms with Gasteiger partial charge in [-0.15, -0.1) is 0 Å². The summed E-state index contributed by atoms with van der Waals surface area (Å²) in [7, 11) is 0. The van der Waals surface area contributed by atoms with Gasteiger partial charge in [-0.3, -0.25) is 4.79 Å². The number of benzene rings is 1. The Morgan fingerprint density at radius 2 is 2.23 bits per heavy atom. The molecular formula is C16H20ClN3O2. The van der Waals surface area contributed by atoms with Crippen LogP contribution in [-0.2, 0) is 4.79 Å². The van der Waals surface area contributed by atoms with E-state index in [1.54, 1.807) is 35.1 Å². The van der Waals surface area contributed by atoms with Crippen LogP contribution in [0.4, 0.5) is 5.82 Å². The van der Waals surface area contributed by atoms with Gasteiger partial charge >= 0.3 is 0 Å². The Bertz CT molecular complexity index is 655. The highest BCUT2D eigenvalue weighted by Crippen LogP contribution is 2.21. The van der Waals surface area contributed by atoms with Crippen LogP contribution in [0.2, 0.25) is 5.02 Å². The number of carbonyl (C=O) groups excluding carboxylic acids is 1. The van der Waals surface area contributed by atoms with Crippen molar-refractivity contribution in [3.63, 3.8) is 0 Å². The Morgan fingerprint density at radius 1 is 1.45 bits per heavy atom. The van der Waals surface area contributed by atoms with Crippen LogP contribution in [0.3, 0.4) is 0 Å². The highest BCUT2D eigenvalue weighted by molar-refractivity contribution is 6.31. The van der Waals surface area contributed by atoms with Crippen molar-refractivity contribution in [1.29, 1.82) is 0 Å². The third-order valence-electron chi connectivity index (χ3n) is 3.45. The first-order valence-electron chi connectivity index (χ1n) is 7.23. The smallest absolute Gasteiger partial charge is 0.263 e. The van der Waals surface area contributed by atoms with Crippen molar-refractivity contribution >= 4 is 23.3 Å². The van der Waals surface area contributed by atoms with Crippen LogP contribution in [0.5, 0.6) is 5.75 Å². The highest BCUT2D eigenvalue weighted by atomic mass is 35.5. The number of halogens is 1. The monoisotopic (exact) mass is 321 g/mol. The minimum Gasteiger partial charge on any atom is -0.484 e. The molecule has 1 atom stereocenters. The molecule has 0 radical (unpaired) electrons. The van der Waals surface area contributed by atoms with E-state index in [0.29, 0.717) is 16.6 Å². The highest BCUT2D eigenvalue weighted by Gasteiger charge is 2.11. The molecule has 1 amide bonds. The molecule has 1 heterocycles. The van der Waals surface area contributed by atoms with E-state index in [9.17, 15) is 4.79 Å². The molecule has 0 aliphatic carbocycles. The Morgan fingerprint density at radius 3 is 2.91 bits per heavy atom. The maximum absolute atomic E-state index is 12.0. The second-order valence-electron chi connectivity index (χ2n) is 5.17. The predicted molar refractivity (Wildman–Crippen MR) is 87.5 cm³/mol. The summed E-state index contributed by atoms with van der Waals surface area (Å²) >= 11 is 5.95. The molecule has 0 saturated heterocycles. The average Bonchev–Trinajstić information content (AvgIpc) is 2.95. The normalized spacial score (nSPS) is 12.0. The summed E-state index contributed by atoms with van der Waals surface area (Å²) in [6.07, 6.45) is 2.61. The largest absolute Gasteiger partial charge is 0.484 e. The van der Waals surface area contributed by atoms with Crippen molar-refractivity contribution in [2.45, 2.75) is 33.2 Å². The lowest BCUT2D eigenvalue weighted by molar-refractivity contribution is -0.118. The summed E-state index contributed by atoms with van der Waals surface area (Å²) < 4.78 is 7.27. The first-order valence-corrected chi connectivity index (χ1v) is 7.61. The van der Waals surface area contributed by atoms with Crippen molar-refractivity contribution in [1.82, 2.24) is 9.78 Å². The van der Waals surface area contributed by atoms with Gasteiger partial charge < -0.3 is 10.1 Å². The molecule has 5 nitrogen and oxygen atoms in total. The Hall–Kier alpha value is -2.01. The van der Waals surface area contributed by atoms with E-state index in [-0.39, 0.29) is 18.6 Å². The maximum atomic E-state index is 12.0. The number of nitrogens with zero attached hydrogens (tertiary/aromatic N) is 2. The minimum atomic E-state index is -0.224. The second kappa shape index (κ2) is 7.31. The number of anilines is 1. The number of nitrogens with one attached hydrogen (secondary N) is 1. The number of hydrogen-bond acceptors (Lipinski definition) is 3. The number of rotatable bonds is 6. The number of aryl methyl sites for hydroxylation is 1. The zero-order valence-corrected chi connectivity index (χ0v) is 13.7. The molecule has 2 rings (SSSR count). The molecule has 0 saturated carbocycles. The first-order chi connectivity index (χ1) is 10.5.